The summed E-state index contributed by atoms with van der Waals surface area (Å²) < 4.78 is 8.93. The molecule has 1 unspecified atom stereocenters. The fourth-order valence-electron chi connectivity index (χ4n) is 1.24. The highest BCUT2D eigenvalue weighted by molar-refractivity contribution is 7.05. The summed E-state index contributed by atoms with van der Waals surface area (Å²) in [5.41, 5.74) is 0.832. The molecule has 2 aromatic rings. The third-order valence-corrected chi connectivity index (χ3v) is 2.80. The van der Waals surface area contributed by atoms with Crippen LogP contribution in [-0.2, 0) is 6.42 Å². The maximum Gasteiger partial charge on any atom is 0.149 e. The van der Waals surface area contributed by atoms with Crippen molar-refractivity contribution in [3.8, 4) is 0 Å². The van der Waals surface area contributed by atoms with Crippen molar-refractivity contribution in [2.24, 2.45) is 0 Å². The first-order chi connectivity index (χ1) is 6.83. The van der Waals surface area contributed by atoms with Gasteiger partial charge in [0.25, 0.3) is 0 Å². The molecule has 2 rings (SSSR count). The summed E-state index contributed by atoms with van der Waals surface area (Å²) in [6.45, 7) is 1.98. The van der Waals surface area contributed by atoms with Gasteiger partial charge in [0.1, 0.15) is 11.9 Å². The molecule has 0 saturated heterocycles. The van der Waals surface area contributed by atoms with Crippen LogP contribution in [0.3, 0.4) is 0 Å². The molecule has 0 saturated carbocycles. The lowest BCUT2D eigenvalue weighted by atomic mass is 10.2. The van der Waals surface area contributed by atoms with Gasteiger partial charge in [-0.25, -0.2) is 0 Å². The number of hydrogen-bond donors (Lipinski definition) is 1. The van der Waals surface area contributed by atoms with Crippen molar-refractivity contribution in [1.29, 1.82) is 0 Å². The lowest BCUT2D eigenvalue weighted by Crippen LogP contribution is -1.99. The molecular weight excluding hydrogens is 200 g/mol. The van der Waals surface area contributed by atoms with E-state index in [0.29, 0.717) is 5.76 Å². The average molecular weight is 210 g/mol. The van der Waals surface area contributed by atoms with Crippen LogP contribution < -0.4 is 0 Å². The summed E-state index contributed by atoms with van der Waals surface area (Å²) in [6.07, 6.45) is 1.57. The predicted octanol–water partition coefficient (Wildman–Crippen LogP) is 1.78. The molecule has 0 fully saturated rings. The van der Waals surface area contributed by atoms with Gasteiger partial charge in [-0.05, 0) is 30.1 Å². The van der Waals surface area contributed by atoms with Crippen LogP contribution in [-0.4, -0.2) is 14.7 Å². The lowest BCUT2D eigenvalue weighted by Gasteiger charge is -2.04. The van der Waals surface area contributed by atoms with Crippen LogP contribution in [0.25, 0.3) is 0 Å². The molecule has 4 nitrogen and oxygen atoms in total. The molecule has 0 aliphatic heterocycles. The predicted molar refractivity (Wildman–Crippen MR) is 52.1 cm³/mol. The molecule has 0 bridgehead atoms. The van der Waals surface area contributed by atoms with Gasteiger partial charge in [-0.15, -0.1) is 5.10 Å². The fourth-order valence-corrected chi connectivity index (χ4v) is 1.98. The molecule has 14 heavy (non-hydrogen) atoms. The van der Waals surface area contributed by atoms with E-state index in [-0.39, 0.29) is 0 Å². The second-order valence-corrected chi connectivity index (χ2v) is 3.64. The van der Waals surface area contributed by atoms with E-state index in [1.807, 2.05) is 6.92 Å². The van der Waals surface area contributed by atoms with Crippen molar-refractivity contribution >= 4 is 11.5 Å². The standard InChI is InChI=1S/C9H10N2O2S/c1-2-6-9(14-11-10-6)8(12)7-4-3-5-13-7/h3-5,8,12H,2H2,1H3. The molecule has 0 aliphatic rings. The van der Waals surface area contributed by atoms with E-state index in [9.17, 15) is 5.11 Å². The number of aliphatic hydroxyl groups is 1. The topological polar surface area (TPSA) is 59.2 Å². The van der Waals surface area contributed by atoms with Gasteiger partial charge < -0.3 is 9.52 Å². The first kappa shape index (κ1) is 9.36. The SMILES string of the molecule is CCc1nnsc1C(O)c1ccco1. The second kappa shape index (κ2) is 3.89. The molecule has 0 aromatic carbocycles. The number of aryl methyl sites for hydroxylation is 1. The van der Waals surface area contributed by atoms with Crippen LogP contribution in [0.15, 0.2) is 22.8 Å². The molecule has 2 heterocycles. The zero-order valence-electron chi connectivity index (χ0n) is 7.67. The maximum atomic E-state index is 9.92. The Labute approximate surface area is 85.4 Å². The summed E-state index contributed by atoms with van der Waals surface area (Å²) >= 11 is 1.21. The smallest absolute Gasteiger partial charge is 0.149 e. The molecule has 1 atom stereocenters. The Morgan fingerprint density at radius 3 is 3.14 bits per heavy atom. The van der Waals surface area contributed by atoms with Gasteiger partial charge in [0.05, 0.1) is 16.8 Å². The Bertz CT molecular complexity index is 397. The van der Waals surface area contributed by atoms with E-state index in [1.165, 1.54) is 11.5 Å². The minimum atomic E-state index is -0.736. The van der Waals surface area contributed by atoms with Gasteiger partial charge in [-0.1, -0.05) is 11.4 Å². The quantitative estimate of drug-likeness (QED) is 0.838. The first-order valence-electron chi connectivity index (χ1n) is 4.35. The van der Waals surface area contributed by atoms with Crippen LogP contribution in [0.2, 0.25) is 0 Å². The van der Waals surface area contributed by atoms with Crippen LogP contribution >= 0.6 is 11.5 Å². The largest absolute Gasteiger partial charge is 0.466 e. The number of aromatic nitrogens is 2. The van der Waals surface area contributed by atoms with Crippen LogP contribution in [0.4, 0.5) is 0 Å². The third kappa shape index (κ3) is 1.56. The van der Waals surface area contributed by atoms with Crippen molar-refractivity contribution in [3.63, 3.8) is 0 Å². The lowest BCUT2D eigenvalue weighted by molar-refractivity contribution is 0.191. The number of hydrogen-bond acceptors (Lipinski definition) is 5. The van der Waals surface area contributed by atoms with Crippen molar-refractivity contribution < 1.29 is 9.52 Å². The molecular formula is C9H10N2O2S. The summed E-state index contributed by atoms with van der Waals surface area (Å²) in [5, 5.41) is 13.9. The normalized spacial score (nSPS) is 13.0. The molecule has 0 radical (unpaired) electrons. The summed E-state index contributed by atoms with van der Waals surface area (Å²) in [5.74, 6) is 0.533. The molecule has 0 spiro atoms. The number of nitrogens with zero attached hydrogens (tertiary/aromatic N) is 2. The van der Waals surface area contributed by atoms with Crippen LogP contribution in [0.5, 0.6) is 0 Å². The molecule has 0 aliphatic carbocycles. The number of furan rings is 1. The van der Waals surface area contributed by atoms with Crippen molar-refractivity contribution in [2.45, 2.75) is 19.4 Å². The zero-order valence-corrected chi connectivity index (χ0v) is 8.49. The van der Waals surface area contributed by atoms with Gasteiger partial charge in [0.15, 0.2) is 0 Å². The number of aliphatic hydroxyl groups excluding tert-OH is 1. The first-order valence-corrected chi connectivity index (χ1v) is 5.13. The van der Waals surface area contributed by atoms with E-state index < -0.39 is 6.10 Å². The van der Waals surface area contributed by atoms with Gasteiger partial charge in [-0.2, -0.15) is 0 Å². The maximum absolute atomic E-state index is 9.92. The van der Waals surface area contributed by atoms with Crippen molar-refractivity contribution in [1.82, 2.24) is 9.59 Å². The van der Waals surface area contributed by atoms with Gasteiger partial charge in [0.2, 0.25) is 0 Å². The summed E-state index contributed by atoms with van der Waals surface area (Å²) in [4.78, 5) is 0.766. The van der Waals surface area contributed by atoms with E-state index >= 15 is 0 Å². The molecule has 0 amide bonds. The third-order valence-electron chi connectivity index (χ3n) is 1.98. The minimum Gasteiger partial charge on any atom is -0.466 e. The Morgan fingerprint density at radius 2 is 2.50 bits per heavy atom. The molecule has 2 aromatic heterocycles. The number of rotatable bonds is 3. The Kier molecular flexibility index (Phi) is 2.60. The van der Waals surface area contributed by atoms with Crippen molar-refractivity contribution in [3.05, 3.63) is 34.7 Å². The Balaban J connectivity index is 2.31. The van der Waals surface area contributed by atoms with Gasteiger partial charge in [-0.3, -0.25) is 0 Å². The van der Waals surface area contributed by atoms with E-state index in [1.54, 1.807) is 18.4 Å². The van der Waals surface area contributed by atoms with Gasteiger partial charge in [0, 0.05) is 0 Å². The molecule has 1 N–H and O–H groups in total. The highest BCUT2D eigenvalue weighted by Crippen LogP contribution is 2.27. The highest BCUT2D eigenvalue weighted by atomic mass is 32.1. The highest BCUT2D eigenvalue weighted by Gasteiger charge is 2.19. The van der Waals surface area contributed by atoms with Crippen molar-refractivity contribution in [2.75, 3.05) is 0 Å². The summed E-state index contributed by atoms with van der Waals surface area (Å²) in [6, 6.07) is 3.49. The van der Waals surface area contributed by atoms with Crippen LogP contribution in [0, 0.1) is 0 Å². The van der Waals surface area contributed by atoms with E-state index in [4.69, 9.17) is 4.42 Å². The molecule has 5 heteroatoms. The zero-order chi connectivity index (χ0) is 9.97. The molecule has 74 valence electrons. The monoisotopic (exact) mass is 210 g/mol. The minimum absolute atomic E-state index is 0.533. The fraction of sp³-hybridized carbons (Fsp3) is 0.333. The Morgan fingerprint density at radius 1 is 1.64 bits per heavy atom. The second-order valence-electron chi connectivity index (χ2n) is 2.86. The Hall–Kier alpha value is -1.20. The van der Waals surface area contributed by atoms with E-state index in [0.717, 1.165) is 17.0 Å². The summed E-state index contributed by atoms with van der Waals surface area (Å²) in [7, 11) is 0. The average Bonchev–Trinajstić information content (AvgIpc) is 2.87. The van der Waals surface area contributed by atoms with Crippen LogP contribution in [0.1, 0.15) is 29.4 Å². The van der Waals surface area contributed by atoms with E-state index in [2.05, 4.69) is 9.59 Å². The van der Waals surface area contributed by atoms with Gasteiger partial charge >= 0.3 is 0 Å².